The largest absolute Gasteiger partial charge is 0.463 e. The minimum Gasteiger partial charge on any atom is -0.463 e. The van der Waals surface area contributed by atoms with Crippen LogP contribution in [0.3, 0.4) is 0 Å². The van der Waals surface area contributed by atoms with E-state index in [9.17, 15) is 9.59 Å². The van der Waals surface area contributed by atoms with Gasteiger partial charge in [-0.3, -0.25) is 4.79 Å². The predicted octanol–water partition coefficient (Wildman–Crippen LogP) is 4.58. The zero-order chi connectivity index (χ0) is 22.7. The molecule has 0 amide bonds. The molecule has 5 nitrogen and oxygen atoms in total. The maximum Gasteiger partial charge on any atom is 0.336 e. The van der Waals surface area contributed by atoms with Gasteiger partial charge in [-0.05, 0) is 37.1 Å². The SMILES string of the molecule is CCOC(=O)C1=C(C)N(C)C2C=CC(OC(=O)C(c3ccccc3)c3ccccc3)=CC12. The van der Waals surface area contributed by atoms with E-state index >= 15 is 0 Å². The third kappa shape index (κ3) is 4.11. The van der Waals surface area contributed by atoms with E-state index in [4.69, 9.17) is 9.47 Å². The smallest absolute Gasteiger partial charge is 0.336 e. The van der Waals surface area contributed by atoms with E-state index < -0.39 is 5.92 Å². The Balaban J connectivity index is 1.62. The Morgan fingerprint density at radius 1 is 1.00 bits per heavy atom. The topological polar surface area (TPSA) is 55.8 Å². The highest BCUT2D eigenvalue weighted by atomic mass is 16.5. The van der Waals surface area contributed by atoms with Gasteiger partial charge in [0.2, 0.25) is 0 Å². The van der Waals surface area contributed by atoms with Crippen LogP contribution in [0.4, 0.5) is 0 Å². The number of allylic oxidation sites excluding steroid dienone is 2. The minimum atomic E-state index is -0.544. The number of ether oxygens (including phenoxy) is 2. The Morgan fingerprint density at radius 3 is 2.16 bits per heavy atom. The Morgan fingerprint density at radius 2 is 1.59 bits per heavy atom. The number of hydrogen-bond donors (Lipinski definition) is 0. The maximum atomic E-state index is 13.3. The van der Waals surface area contributed by atoms with Gasteiger partial charge in [0.05, 0.1) is 18.2 Å². The average molecular weight is 430 g/mol. The molecular weight excluding hydrogens is 402 g/mol. The van der Waals surface area contributed by atoms with Crippen molar-refractivity contribution < 1.29 is 19.1 Å². The molecule has 0 saturated carbocycles. The summed E-state index contributed by atoms with van der Waals surface area (Å²) in [5.74, 6) is -1.01. The fourth-order valence-electron chi connectivity index (χ4n) is 4.41. The fraction of sp³-hybridized carbons (Fsp3) is 0.259. The zero-order valence-corrected chi connectivity index (χ0v) is 18.5. The number of rotatable bonds is 6. The van der Waals surface area contributed by atoms with Gasteiger partial charge in [-0.15, -0.1) is 0 Å². The predicted molar refractivity (Wildman–Crippen MR) is 122 cm³/mol. The van der Waals surface area contributed by atoms with E-state index in [-0.39, 0.29) is 23.9 Å². The number of fused-ring (bicyclic) bond motifs is 1. The van der Waals surface area contributed by atoms with Gasteiger partial charge < -0.3 is 14.4 Å². The summed E-state index contributed by atoms with van der Waals surface area (Å²) in [6.07, 6.45) is 5.64. The first-order valence-electron chi connectivity index (χ1n) is 10.8. The molecule has 0 aromatic heterocycles. The first kappa shape index (κ1) is 21.6. The second-order valence-electron chi connectivity index (χ2n) is 7.95. The van der Waals surface area contributed by atoms with Crippen molar-refractivity contribution in [1.82, 2.24) is 4.90 Å². The number of nitrogens with zero attached hydrogens (tertiary/aromatic N) is 1. The highest BCUT2D eigenvalue weighted by molar-refractivity contribution is 5.91. The molecule has 32 heavy (non-hydrogen) atoms. The summed E-state index contributed by atoms with van der Waals surface area (Å²) in [4.78, 5) is 28.0. The van der Waals surface area contributed by atoms with Crippen LogP contribution in [0.2, 0.25) is 0 Å². The molecule has 2 aromatic carbocycles. The quantitative estimate of drug-likeness (QED) is 0.629. The Labute approximate surface area is 188 Å². The molecule has 4 rings (SSSR count). The monoisotopic (exact) mass is 429 g/mol. The molecule has 164 valence electrons. The molecule has 2 atom stereocenters. The lowest BCUT2D eigenvalue weighted by Gasteiger charge is -2.27. The van der Waals surface area contributed by atoms with Crippen molar-refractivity contribution in [3.05, 3.63) is 107 Å². The van der Waals surface area contributed by atoms with E-state index in [0.717, 1.165) is 16.8 Å². The molecule has 0 spiro atoms. The molecule has 2 aromatic rings. The lowest BCUT2D eigenvalue weighted by molar-refractivity contribution is -0.140. The third-order valence-electron chi connectivity index (χ3n) is 6.08. The summed E-state index contributed by atoms with van der Waals surface area (Å²) < 4.78 is 11.2. The number of likely N-dealkylation sites (N-methyl/N-ethyl adjacent to an activating group) is 1. The summed E-state index contributed by atoms with van der Waals surface area (Å²) >= 11 is 0. The van der Waals surface area contributed by atoms with Gasteiger partial charge in [0.15, 0.2) is 0 Å². The van der Waals surface area contributed by atoms with Gasteiger partial charge in [0.25, 0.3) is 0 Å². The first-order chi connectivity index (χ1) is 15.5. The van der Waals surface area contributed by atoms with E-state index in [2.05, 4.69) is 4.90 Å². The highest BCUT2D eigenvalue weighted by Gasteiger charge is 2.40. The van der Waals surface area contributed by atoms with Crippen LogP contribution in [-0.2, 0) is 19.1 Å². The standard InChI is InChI=1S/C27H27NO4/c1-4-31-26(29)24-18(2)28(3)23-16-15-21(17-22(23)24)32-27(30)25(19-11-7-5-8-12-19)20-13-9-6-10-14-20/h5-17,22-23,25H,4H2,1-3H3. The molecule has 2 unspecified atom stereocenters. The van der Waals surface area contributed by atoms with Crippen molar-refractivity contribution in [2.45, 2.75) is 25.8 Å². The lowest BCUT2D eigenvalue weighted by atomic mass is 9.89. The van der Waals surface area contributed by atoms with Crippen LogP contribution in [0.5, 0.6) is 0 Å². The molecular formula is C27H27NO4. The summed E-state index contributed by atoms with van der Waals surface area (Å²) in [7, 11) is 1.95. The Bertz CT molecular complexity index is 1050. The van der Waals surface area contributed by atoms with Gasteiger partial charge in [0, 0.05) is 18.7 Å². The summed E-state index contributed by atoms with van der Waals surface area (Å²) in [6, 6.07) is 19.2. The van der Waals surface area contributed by atoms with Crippen LogP contribution in [0.15, 0.2) is 95.9 Å². The van der Waals surface area contributed by atoms with Crippen LogP contribution in [-0.4, -0.2) is 36.5 Å². The second kappa shape index (κ2) is 9.27. The van der Waals surface area contributed by atoms with Crippen molar-refractivity contribution in [2.75, 3.05) is 13.7 Å². The van der Waals surface area contributed by atoms with Gasteiger partial charge in [-0.25, -0.2) is 4.79 Å². The van der Waals surface area contributed by atoms with Crippen LogP contribution < -0.4 is 0 Å². The number of esters is 2. The van der Waals surface area contributed by atoms with Crippen molar-refractivity contribution in [1.29, 1.82) is 0 Å². The van der Waals surface area contributed by atoms with Crippen LogP contribution >= 0.6 is 0 Å². The Hall–Kier alpha value is -3.60. The van der Waals surface area contributed by atoms with Crippen LogP contribution in [0.1, 0.15) is 30.9 Å². The third-order valence-corrected chi connectivity index (χ3v) is 6.08. The van der Waals surface area contributed by atoms with E-state index in [1.807, 2.05) is 92.9 Å². The average Bonchev–Trinajstić information content (AvgIpc) is 3.05. The van der Waals surface area contributed by atoms with Crippen molar-refractivity contribution in [3.63, 3.8) is 0 Å². The minimum absolute atomic E-state index is 0.00379. The molecule has 0 bridgehead atoms. The Kier molecular flexibility index (Phi) is 6.26. The summed E-state index contributed by atoms with van der Waals surface area (Å²) in [5.41, 5.74) is 3.22. The van der Waals surface area contributed by atoms with Gasteiger partial charge in [0.1, 0.15) is 11.7 Å². The summed E-state index contributed by atoms with van der Waals surface area (Å²) in [6.45, 7) is 4.02. The normalized spacial score (nSPS) is 19.6. The molecule has 2 aliphatic rings. The van der Waals surface area contributed by atoms with Gasteiger partial charge in [-0.2, -0.15) is 0 Å². The van der Waals surface area contributed by atoms with E-state index in [1.165, 1.54) is 0 Å². The van der Waals surface area contributed by atoms with Crippen molar-refractivity contribution >= 4 is 11.9 Å². The number of hydrogen-bond acceptors (Lipinski definition) is 5. The molecule has 1 aliphatic carbocycles. The van der Waals surface area contributed by atoms with Crippen LogP contribution in [0, 0.1) is 5.92 Å². The number of carbonyl (C=O) groups excluding carboxylic acids is 2. The van der Waals surface area contributed by atoms with E-state index in [1.54, 1.807) is 6.92 Å². The molecule has 1 aliphatic heterocycles. The second-order valence-corrected chi connectivity index (χ2v) is 7.95. The van der Waals surface area contributed by atoms with Crippen LogP contribution in [0.25, 0.3) is 0 Å². The molecule has 0 N–H and O–H groups in total. The molecule has 0 saturated heterocycles. The molecule has 5 heteroatoms. The molecule has 0 radical (unpaired) electrons. The lowest BCUT2D eigenvalue weighted by Crippen LogP contribution is -2.30. The fourth-order valence-corrected chi connectivity index (χ4v) is 4.41. The number of benzene rings is 2. The number of carbonyl (C=O) groups is 2. The highest BCUT2D eigenvalue weighted by Crippen LogP contribution is 2.39. The van der Waals surface area contributed by atoms with Gasteiger partial charge >= 0.3 is 11.9 Å². The first-order valence-corrected chi connectivity index (χ1v) is 10.8. The summed E-state index contributed by atoms with van der Waals surface area (Å²) in [5, 5.41) is 0. The van der Waals surface area contributed by atoms with Gasteiger partial charge in [-0.1, -0.05) is 66.7 Å². The van der Waals surface area contributed by atoms with Crippen molar-refractivity contribution in [3.8, 4) is 0 Å². The van der Waals surface area contributed by atoms with Crippen molar-refractivity contribution in [2.24, 2.45) is 5.92 Å². The molecule has 0 fully saturated rings. The van der Waals surface area contributed by atoms with E-state index in [0.29, 0.717) is 17.9 Å². The maximum absolute atomic E-state index is 13.3. The zero-order valence-electron chi connectivity index (χ0n) is 18.5. The molecule has 1 heterocycles.